The fraction of sp³-hybridized carbons (Fsp3) is 0.389. The number of carbonyl (C=O) groups is 1. The third kappa shape index (κ3) is 5.44. The van der Waals surface area contributed by atoms with E-state index in [1.165, 1.54) is 22.6 Å². The van der Waals surface area contributed by atoms with Crippen LogP contribution in [0.3, 0.4) is 0 Å². The van der Waals surface area contributed by atoms with E-state index in [4.69, 9.17) is 0 Å². The highest BCUT2D eigenvalue weighted by molar-refractivity contribution is 7.10. The van der Waals surface area contributed by atoms with Crippen molar-refractivity contribution >= 4 is 17.2 Å². The number of nitrogens with zero attached hydrogens (tertiary/aromatic N) is 1. The van der Waals surface area contributed by atoms with Gasteiger partial charge in [-0.2, -0.15) is 0 Å². The van der Waals surface area contributed by atoms with Crippen LogP contribution in [0.1, 0.15) is 29.3 Å². The summed E-state index contributed by atoms with van der Waals surface area (Å²) < 4.78 is 13.1. The van der Waals surface area contributed by atoms with E-state index in [1.807, 2.05) is 10.3 Å². The van der Waals surface area contributed by atoms with Gasteiger partial charge < -0.3 is 10.2 Å². The van der Waals surface area contributed by atoms with Gasteiger partial charge in [-0.3, -0.25) is 4.79 Å². The smallest absolute Gasteiger partial charge is 0.237 e. The molecule has 0 atom stereocenters. The van der Waals surface area contributed by atoms with Crippen LogP contribution in [0, 0.1) is 12.7 Å². The largest absolute Gasteiger partial charge is 0.332 e. The van der Waals surface area contributed by atoms with Crippen LogP contribution >= 0.6 is 11.3 Å². The summed E-state index contributed by atoms with van der Waals surface area (Å²) in [5.74, 6) is -0.194. The minimum atomic E-state index is -0.259. The molecule has 1 N–H and O–H groups in total. The van der Waals surface area contributed by atoms with E-state index < -0.39 is 0 Å². The SMILES string of the molecule is CCCNCC(=O)N(Cc1ccc(F)cc1)Cc1sccc1C. The van der Waals surface area contributed by atoms with Crippen molar-refractivity contribution in [2.75, 3.05) is 13.1 Å². The summed E-state index contributed by atoms with van der Waals surface area (Å²) in [6, 6.07) is 8.40. The van der Waals surface area contributed by atoms with Crippen LogP contribution in [-0.2, 0) is 17.9 Å². The van der Waals surface area contributed by atoms with Crippen LogP contribution in [0.25, 0.3) is 0 Å². The molecular formula is C18H23FN2OS. The van der Waals surface area contributed by atoms with Gasteiger partial charge in [0.15, 0.2) is 0 Å². The van der Waals surface area contributed by atoms with Gasteiger partial charge in [-0.05, 0) is 54.6 Å². The first-order valence-corrected chi connectivity index (χ1v) is 8.74. The number of carbonyl (C=O) groups excluding carboxylic acids is 1. The number of aryl methyl sites for hydroxylation is 1. The predicted molar refractivity (Wildman–Crippen MR) is 92.9 cm³/mol. The molecule has 0 bridgehead atoms. The standard InChI is InChI=1S/C18H23FN2OS/c1-3-9-20-11-18(22)21(13-17-14(2)8-10-23-17)12-15-4-6-16(19)7-5-15/h4-8,10,20H,3,9,11-13H2,1-2H3. The molecule has 5 heteroatoms. The van der Waals surface area contributed by atoms with Crippen molar-refractivity contribution < 1.29 is 9.18 Å². The van der Waals surface area contributed by atoms with Gasteiger partial charge in [0.05, 0.1) is 13.1 Å². The fourth-order valence-electron chi connectivity index (χ4n) is 2.27. The lowest BCUT2D eigenvalue weighted by Crippen LogP contribution is -2.37. The van der Waals surface area contributed by atoms with Crippen LogP contribution in [-0.4, -0.2) is 23.9 Å². The Morgan fingerprint density at radius 2 is 1.96 bits per heavy atom. The molecule has 2 aromatic rings. The number of nitrogens with one attached hydrogen (secondary N) is 1. The number of hydrogen-bond donors (Lipinski definition) is 1. The Bertz CT molecular complexity index is 624. The molecule has 0 saturated heterocycles. The highest BCUT2D eigenvalue weighted by Gasteiger charge is 2.16. The summed E-state index contributed by atoms with van der Waals surface area (Å²) in [7, 11) is 0. The molecule has 0 fully saturated rings. The maximum absolute atomic E-state index is 13.1. The lowest BCUT2D eigenvalue weighted by atomic mass is 10.2. The molecule has 1 heterocycles. The second-order valence-corrected chi connectivity index (χ2v) is 6.58. The van der Waals surface area contributed by atoms with E-state index in [1.54, 1.807) is 23.5 Å². The van der Waals surface area contributed by atoms with E-state index in [0.717, 1.165) is 18.5 Å². The summed E-state index contributed by atoms with van der Waals surface area (Å²) in [5, 5.41) is 5.20. The molecule has 1 amide bonds. The molecule has 0 aliphatic heterocycles. The van der Waals surface area contributed by atoms with Gasteiger partial charge in [0.2, 0.25) is 5.91 Å². The zero-order chi connectivity index (χ0) is 16.7. The number of benzene rings is 1. The molecule has 0 aliphatic rings. The van der Waals surface area contributed by atoms with Crippen LogP contribution in [0.4, 0.5) is 4.39 Å². The van der Waals surface area contributed by atoms with Crippen LogP contribution in [0.15, 0.2) is 35.7 Å². The molecule has 2 rings (SSSR count). The number of hydrogen-bond acceptors (Lipinski definition) is 3. The molecule has 3 nitrogen and oxygen atoms in total. The lowest BCUT2D eigenvalue weighted by Gasteiger charge is -2.23. The number of thiophene rings is 1. The van der Waals surface area contributed by atoms with E-state index in [-0.39, 0.29) is 11.7 Å². The summed E-state index contributed by atoms with van der Waals surface area (Å²) >= 11 is 1.66. The van der Waals surface area contributed by atoms with E-state index in [0.29, 0.717) is 19.6 Å². The Morgan fingerprint density at radius 3 is 2.57 bits per heavy atom. The summed E-state index contributed by atoms with van der Waals surface area (Å²) in [4.78, 5) is 15.5. The first-order chi connectivity index (χ1) is 11.1. The summed E-state index contributed by atoms with van der Waals surface area (Å²) in [6.07, 6.45) is 0.995. The monoisotopic (exact) mass is 334 g/mol. The van der Waals surface area contributed by atoms with Crippen LogP contribution < -0.4 is 5.32 Å². The minimum absolute atomic E-state index is 0.0653. The molecule has 0 unspecified atom stereocenters. The first-order valence-electron chi connectivity index (χ1n) is 7.86. The molecule has 124 valence electrons. The molecule has 0 spiro atoms. The molecule has 0 radical (unpaired) electrons. The zero-order valence-electron chi connectivity index (χ0n) is 13.6. The minimum Gasteiger partial charge on any atom is -0.332 e. The normalized spacial score (nSPS) is 10.7. The Morgan fingerprint density at radius 1 is 1.22 bits per heavy atom. The van der Waals surface area contributed by atoms with Gasteiger partial charge in [-0.15, -0.1) is 11.3 Å². The van der Waals surface area contributed by atoms with Gasteiger partial charge in [-0.1, -0.05) is 19.1 Å². The van der Waals surface area contributed by atoms with E-state index in [9.17, 15) is 9.18 Å². The molecule has 1 aromatic carbocycles. The van der Waals surface area contributed by atoms with Crippen molar-refractivity contribution in [2.24, 2.45) is 0 Å². The van der Waals surface area contributed by atoms with Gasteiger partial charge in [0.25, 0.3) is 0 Å². The third-order valence-corrected chi connectivity index (χ3v) is 4.65. The van der Waals surface area contributed by atoms with Crippen molar-refractivity contribution in [2.45, 2.75) is 33.4 Å². The summed E-state index contributed by atoms with van der Waals surface area (Å²) in [6.45, 7) is 6.37. The van der Waals surface area contributed by atoms with Crippen molar-refractivity contribution in [1.82, 2.24) is 10.2 Å². The number of rotatable bonds is 8. The first kappa shape index (κ1) is 17.6. The number of amides is 1. The number of halogens is 1. The van der Waals surface area contributed by atoms with Crippen molar-refractivity contribution in [3.8, 4) is 0 Å². The average molecular weight is 334 g/mol. The van der Waals surface area contributed by atoms with Gasteiger partial charge >= 0.3 is 0 Å². The Kier molecular flexibility index (Phi) is 6.74. The third-order valence-electron chi connectivity index (χ3n) is 3.65. The van der Waals surface area contributed by atoms with Gasteiger partial charge in [0.1, 0.15) is 5.82 Å². The highest BCUT2D eigenvalue weighted by Crippen LogP contribution is 2.19. The molecule has 0 saturated carbocycles. The lowest BCUT2D eigenvalue weighted by molar-refractivity contribution is -0.131. The second kappa shape index (κ2) is 8.79. The summed E-state index contributed by atoms with van der Waals surface area (Å²) in [5.41, 5.74) is 2.14. The Labute approximate surface area is 141 Å². The Hall–Kier alpha value is -1.72. The zero-order valence-corrected chi connectivity index (χ0v) is 14.5. The molecule has 23 heavy (non-hydrogen) atoms. The van der Waals surface area contributed by atoms with Crippen LogP contribution in [0.2, 0.25) is 0 Å². The van der Waals surface area contributed by atoms with Crippen LogP contribution in [0.5, 0.6) is 0 Å². The predicted octanol–water partition coefficient (Wildman–Crippen LogP) is 3.72. The molecule has 0 aliphatic carbocycles. The molecular weight excluding hydrogens is 311 g/mol. The highest BCUT2D eigenvalue weighted by atomic mass is 32.1. The van der Waals surface area contributed by atoms with Gasteiger partial charge in [-0.25, -0.2) is 4.39 Å². The van der Waals surface area contributed by atoms with Crippen molar-refractivity contribution in [3.05, 3.63) is 57.5 Å². The van der Waals surface area contributed by atoms with Gasteiger partial charge in [0, 0.05) is 11.4 Å². The van der Waals surface area contributed by atoms with Crippen molar-refractivity contribution in [1.29, 1.82) is 0 Å². The quantitative estimate of drug-likeness (QED) is 0.746. The van der Waals surface area contributed by atoms with E-state index >= 15 is 0 Å². The fourth-order valence-corrected chi connectivity index (χ4v) is 3.19. The maximum atomic E-state index is 13.1. The van der Waals surface area contributed by atoms with Crippen molar-refractivity contribution in [3.63, 3.8) is 0 Å². The Balaban J connectivity index is 2.08. The van der Waals surface area contributed by atoms with E-state index in [2.05, 4.69) is 25.2 Å². The average Bonchev–Trinajstić information content (AvgIpc) is 2.94. The second-order valence-electron chi connectivity index (χ2n) is 5.58. The molecule has 1 aromatic heterocycles. The maximum Gasteiger partial charge on any atom is 0.237 e. The topological polar surface area (TPSA) is 32.3 Å².